The second-order valence-electron chi connectivity index (χ2n) is 11.6. The Balaban J connectivity index is 1.11. The van der Waals surface area contributed by atoms with Crippen molar-refractivity contribution in [3.05, 3.63) is 97.6 Å². The van der Waals surface area contributed by atoms with Crippen LogP contribution < -0.4 is 10.5 Å². The van der Waals surface area contributed by atoms with E-state index in [4.69, 9.17) is 11.6 Å². The Kier molecular flexibility index (Phi) is 8.16. The zero-order valence-electron chi connectivity index (χ0n) is 24.7. The molecule has 6 rings (SSSR count). The van der Waals surface area contributed by atoms with Crippen molar-refractivity contribution in [3.8, 4) is 5.69 Å². The van der Waals surface area contributed by atoms with Crippen LogP contribution in [0.1, 0.15) is 48.1 Å². The minimum absolute atomic E-state index is 0.000812. The second-order valence-corrected chi connectivity index (χ2v) is 12.9. The van der Waals surface area contributed by atoms with E-state index < -0.39 is 11.6 Å². The van der Waals surface area contributed by atoms with Gasteiger partial charge in [0.1, 0.15) is 17.4 Å². The molecule has 0 aliphatic carbocycles. The SMILES string of the molecule is Cc1ccc(-n2nc(C(=O)N3CCN(C(C)(C)c4cn(C5CCN(c6ccc(Br)cc6)C5=O)nn4)CC3)ccc2=O)cc1Cl. The van der Waals surface area contributed by atoms with Gasteiger partial charge in [0, 0.05) is 54.0 Å². The summed E-state index contributed by atoms with van der Waals surface area (Å²) in [6.45, 7) is 8.83. The Morgan fingerprint density at radius 1 is 0.955 bits per heavy atom. The van der Waals surface area contributed by atoms with Gasteiger partial charge in [-0.25, -0.2) is 4.68 Å². The average Bonchev–Trinajstić information content (AvgIpc) is 3.66. The van der Waals surface area contributed by atoms with E-state index in [2.05, 4.69) is 50.1 Å². The smallest absolute Gasteiger partial charge is 0.274 e. The van der Waals surface area contributed by atoms with Crippen LogP contribution in [0.15, 0.2) is 70.1 Å². The lowest BCUT2D eigenvalue weighted by Crippen LogP contribution is -2.54. The number of anilines is 1. The number of halogens is 2. The lowest BCUT2D eigenvalue weighted by molar-refractivity contribution is -0.120. The van der Waals surface area contributed by atoms with Crippen LogP contribution in [-0.2, 0) is 10.3 Å². The normalized spacial score (nSPS) is 17.8. The van der Waals surface area contributed by atoms with Crippen molar-refractivity contribution < 1.29 is 9.59 Å². The Hall–Kier alpha value is -3.87. The molecular weight excluding hydrogens is 648 g/mol. The van der Waals surface area contributed by atoms with Gasteiger partial charge in [-0.2, -0.15) is 9.78 Å². The highest BCUT2D eigenvalue weighted by Gasteiger charge is 2.38. The van der Waals surface area contributed by atoms with E-state index in [1.807, 2.05) is 43.5 Å². The molecule has 2 aliphatic rings. The van der Waals surface area contributed by atoms with Crippen LogP contribution in [0.3, 0.4) is 0 Å². The van der Waals surface area contributed by atoms with E-state index in [1.165, 1.54) is 16.8 Å². The summed E-state index contributed by atoms with van der Waals surface area (Å²) >= 11 is 9.70. The summed E-state index contributed by atoms with van der Waals surface area (Å²) in [6, 6.07) is 15.3. The maximum absolute atomic E-state index is 13.4. The molecule has 0 saturated carbocycles. The molecule has 2 amide bonds. The van der Waals surface area contributed by atoms with Crippen molar-refractivity contribution in [2.24, 2.45) is 0 Å². The Morgan fingerprint density at radius 2 is 1.66 bits per heavy atom. The van der Waals surface area contributed by atoms with Gasteiger partial charge in [-0.3, -0.25) is 19.3 Å². The zero-order chi connectivity index (χ0) is 31.2. The molecule has 4 aromatic rings. The van der Waals surface area contributed by atoms with Crippen molar-refractivity contribution in [1.82, 2.24) is 34.6 Å². The van der Waals surface area contributed by atoms with Crippen molar-refractivity contribution in [2.75, 3.05) is 37.6 Å². The monoisotopic (exact) mass is 678 g/mol. The molecule has 1 atom stereocenters. The lowest BCUT2D eigenvalue weighted by atomic mass is 9.97. The van der Waals surface area contributed by atoms with Gasteiger partial charge in [-0.15, -0.1) is 5.10 Å². The molecule has 4 heterocycles. The number of carbonyl (C=O) groups is 2. The maximum Gasteiger partial charge on any atom is 0.274 e. The molecule has 2 aromatic heterocycles. The summed E-state index contributed by atoms with van der Waals surface area (Å²) in [7, 11) is 0. The van der Waals surface area contributed by atoms with E-state index in [0.29, 0.717) is 49.9 Å². The molecule has 0 bridgehead atoms. The summed E-state index contributed by atoms with van der Waals surface area (Å²) < 4.78 is 3.85. The summed E-state index contributed by atoms with van der Waals surface area (Å²) in [5, 5.41) is 13.7. The molecule has 2 aliphatic heterocycles. The highest BCUT2D eigenvalue weighted by Crippen LogP contribution is 2.32. The summed E-state index contributed by atoms with van der Waals surface area (Å²) in [6.07, 6.45) is 2.52. The van der Waals surface area contributed by atoms with Crippen LogP contribution in [0.25, 0.3) is 5.69 Å². The topological polar surface area (TPSA) is 109 Å². The van der Waals surface area contributed by atoms with E-state index >= 15 is 0 Å². The van der Waals surface area contributed by atoms with Crippen LogP contribution in [-0.4, -0.2) is 79.1 Å². The molecule has 13 heteroatoms. The predicted octanol–water partition coefficient (Wildman–Crippen LogP) is 4.22. The van der Waals surface area contributed by atoms with Gasteiger partial charge in [0.2, 0.25) is 0 Å². The third-order valence-electron chi connectivity index (χ3n) is 8.55. The number of nitrogens with zero attached hydrogens (tertiary/aromatic N) is 8. The maximum atomic E-state index is 13.4. The number of piperazine rings is 1. The number of rotatable bonds is 6. The number of hydrogen-bond donors (Lipinski definition) is 0. The summed E-state index contributed by atoms with van der Waals surface area (Å²) in [5.41, 5.74) is 2.38. The van der Waals surface area contributed by atoms with Crippen molar-refractivity contribution in [1.29, 1.82) is 0 Å². The van der Waals surface area contributed by atoms with Gasteiger partial charge in [0.05, 0.1) is 17.4 Å². The van der Waals surface area contributed by atoms with Crippen molar-refractivity contribution in [3.63, 3.8) is 0 Å². The zero-order valence-corrected chi connectivity index (χ0v) is 27.0. The number of carbonyl (C=O) groups excluding carboxylic acids is 2. The number of hydrogen-bond acceptors (Lipinski definition) is 7. The molecule has 11 nitrogen and oxygen atoms in total. The van der Waals surface area contributed by atoms with E-state index in [9.17, 15) is 14.4 Å². The fraction of sp³-hybridized carbons (Fsp3) is 0.355. The van der Waals surface area contributed by atoms with Crippen molar-refractivity contribution in [2.45, 2.75) is 38.8 Å². The van der Waals surface area contributed by atoms with Crippen LogP contribution in [0.4, 0.5) is 5.69 Å². The first-order valence-corrected chi connectivity index (χ1v) is 15.6. The van der Waals surface area contributed by atoms with E-state index in [0.717, 1.165) is 21.4 Å². The first kappa shape index (κ1) is 30.2. The van der Waals surface area contributed by atoms with Gasteiger partial charge in [0.25, 0.3) is 17.4 Å². The third-order valence-corrected chi connectivity index (χ3v) is 9.48. The minimum Gasteiger partial charge on any atom is -0.335 e. The number of aromatic nitrogens is 5. The highest BCUT2D eigenvalue weighted by molar-refractivity contribution is 9.10. The largest absolute Gasteiger partial charge is 0.335 e. The van der Waals surface area contributed by atoms with Gasteiger partial charge in [0.15, 0.2) is 0 Å². The second kappa shape index (κ2) is 11.9. The number of benzene rings is 2. The lowest BCUT2D eigenvalue weighted by Gasteiger charge is -2.43. The van der Waals surface area contributed by atoms with Crippen LogP contribution in [0.5, 0.6) is 0 Å². The van der Waals surface area contributed by atoms with Gasteiger partial charge >= 0.3 is 0 Å². The third kappa shape index (κ3) is 5.69. The first-order chi connectivity index (χ1) is 21.0. The fourth-order valence-electron chi connectivity index (χ4n) is 5.71. The average molecular weight is 680 g/mol. The predicted molar refractivity (Wildman–Crippen MR) is 170 cm³/mol. The highest BCUT2D eigenvalue weighted by atomic mass is 79.9. The standard InChI is InChI=1S/C31H32BrClN8O3/c1-20-4-7-23(18-24(20)33)41-28(42)11-10-25(35-41)29(43)37-14-16-38(17-15-37)31(2,3)27-19-40(36-34-27)26-12-13-39(30(26)44)22-8-5-21(32)6-9-22/h4-11,18-19,26H,12-17H2,1-3H3. The molecule has 1 unspecified atom stereocenters. The summed E-state index contributed by atoms with van der Waals surface area (Å²) in [5.74, 6) is -0.241. The van der Waals surface area contributed by atoms with Crippen LogP contribution in [0.2, 0.25) is 5.02 Å². The molecule has 0 N–H and O–H groups in total. The molecular formula is C31H32BrClN8O3. The quantitative estimate of drug-likeness (QED) is 0.300. The van der Waals surface area contributed by atoms with Gasteiger partial charge in [-0.1, -0.05) is 38.8 Å². The fourth-order valence-corrected chi connectivity index (χ4v) is 6.15. The van der Waals surface area contributed by atoms with Gasteiger partial charge in [-0.05, 0) is 75.2 Å². The number of amides is 2. The number of aryl methyl sites for hydroxylation is 1. The first-order valence-electron chi connectivity index (χ1n) is 14.4. The molecule has 2 saturated heterocycles. The molecule has 0 radical (unpaired) electrons. The molecule has 44 heavy (non-hydrogen) atoms. The van der Waals surface area contributed by atoms with Crippen LogP contribution in [0, 0.1) is 6.92 Å². The minimum atomic E-state index is -0.476. The molecule has 2 fully saturated rings. The van der Waals surface area contributed by atoms with Crippen molar-refractivity contribution >= 4 is 45.0 Å². The molecule has 228 valence electrons. The van der Waals surface area contributed by atoms with E-state index in [-0.39, 0.29) is 23.1 Å². The summed E-state index contributed by atoms with van der Waals surface area (Å²) in [4.78, 5) is 45.0. The Labute approximate surface area is 268 Å². The van der Waals surface area contributed by atoms with Crippen LogP contribution >= 0.6 is 27.5 Å². The Morgan fingerprint density at radius 3 is 2.36 bits per heavy atom. The molecule has 0 spiro atoms. The van der Waals surface area contributed by atoms with Gasteiger partial charge < -0.3 is 9.80 Å². The Bertz CT molecular complexity index is 1780. The molecule has 2 aromatic carbocycles. The van der Waals surface area contributed by atoms with E-state index in [1.54, 1.807) is 26.6 Å².